The molecule has 1 aromatic heterocycles. The van der Waals surface area contributed by atoms with Crippen LogP contribution in [0.3, 0.4) is 0 Å². The van der Waals surface area contributed by atoms with Crippen molar-refractivity contribution in [1.82, 2.24) is 10.3 Å². The summed E-state index contributed by atoms with van der Waals surface area (Å²) < 4.78 is 5.37. The number of hydrogen-bond acceptors (Lipinski definition) is 6. The molecule has 7 heteroatoms. The quantitative estimate of drug-likeness (QED) is 0.613. The van der Waals surface area contributed by atoms with E-state index in [4.69, 9.17) is 4.74 Å². The van der Waals surface area contributed by atoms with E-state index in [2.05, 4.69) is 15.6 Å². The number of pyridine rings is 1. The minimum absolute atomic E-state index is 0.0500. The number of nitro groups is 1. The van der Waals surface area contributed by atoms with Gasteiger partial charge in [0.15, 0.2) is 0 Å². The van der Waals surface area contributed by atoms with Crippen LogP contribution < -0.4 is 10.6 Å². The van der Waals surface area contributed by atoms with E-state index in [-0.39, 0.29) is 11.1 Å². The van der Waals surface area contributed by atoms with E-state index in [1.807, 2.05) is 0 Å². The van der Waals surface area contributed by atoms with Gasteiger partial charge in [0.25, 0.3) is 5.69 Å². The molecule has 116 valence electrons. The van der Waals surface area contributed by atoms with Gasteiger partial charge in [-0.25, -0.2) is 4.98 Å². The molecular formula is C14H22N4O3. The summed E-state index contributed by atoms with van der Waals surface area (Å²) >= 11 is 0. The Morgan fingerprint density at radius 3 is 2.81 bits per heavy atom. The molecule has 0 saturated carbocycles. The monoisotopic (exact) mass is 294 g/mol. The average Bonchev–Trinajstić information content (AvgIpc) is 2.46. The lowest BCUT2D eigenvalue weighted by atomic mass is 9.79. The molecule has 0 amide bonds. The van der Waals surface area contributed by atoms with E-state index in [9.17, 15) is 10.1 Å². The smallest absolute Gasteiger partial charge is 0.290 e. The Morgan fingerprint density at radius 1 is 1.52 bits per heavy atom. The molecule has 0 aliphatic carbocycles. The van der Waals surface area contributed by atoms with Gasteiger partial charge in [-0.2, -0.15) is 0 Å². The van der Waals surface area contributed by atoms with Crippen molar-refractivity contribution in [2.75, 3.05) is 38.7 Å². The Bertz CT molecular complexity index is 495. The Hall–Kier alpha value is -1.73. The van der Waals surface area contributed by atoms with Crippen LogP contribution in [0.25, 0.3) is 0 Å². The SMILES string of the molecule is COCC1(CNc2cc(C)c([N+](=O)[O-])cn2)CCNCC1. The first-order valence-electron chi connectivity index (χ1n) is 7.11. The fraction of sp³-hybridized carbons (Fsp3) is 0.643. The van der Waals surface area contributed by atoms with Crippen molar-refractivity contribution in [3.05, 3.63) is 27.9 Å². The third-order valence-corrected chi connectivity index (χ3v) is 4.04. The zero-order chi connectivity index (χ0) is 15.3. The van der Waals surface area contributed by atoms with Gasteiger partial charge in [-0.15, -0.1) is 0 Å². The molecule has 7 nitrogen and oxygen atoms in total. The van der Waals surface area contributed by atoms with Gasteiger partial charge in [-0.1, -0.05) is 0 Å². The highest BCUT2D eigenvalue weighted by Crippen LogP contribution is 2.29. The summed E-state index contributed by atoms with van der Waals surface area (Å²) in [5, 5.41) is 17.5. The number of aryl methyl sites for hydroxylation is 1. The van der Waals surface area contributed by atoms with Crippen molar-refractivity contribution in [2.24, 2.45) is 5.41 Å². The fourth-order valence-electron chi connectivity index (χ4n) is 2.75. The van der Waals surface area contributed by atoms with Crippen LogP contribution in [0.2, 0.25) is 0 Å². The second-order valence-electron chi connectivity index (χ2n) is 5.65. The summed E-state index contributed by atoms with van der Waals surface area (Å²) in [5.41, 5.74) is 0.759. The van der Waals surface area contributed by atoms with Crippen LogP contribution in [-0.4, -0.2) is 43.3 Å². The second-order valence-corrected chi connectivity index (χ2v) is 5.65. The van der Waals surface area contributed by atoms with Crippen LogP contribution in [0.15, 0.2) is 12.3 Å². The molecule has 0 bridgehead atoms. The van der Waals surface area contributed by atoms with Gasteiger partial charge in [0.2, 0.25) is 0 Å². The van der Waals surface area contributed by atoms with E-state index in [1.54, 1.807) is 20.1 Å². The lowest BCUT2D eigenvalue weighted by Crippen LogP contribution is -2.44. The Morgan fingerprint density at radius 2 is 2.24 bits per heavy atom. The normalized spacial score (nSPS) is 17.4. The molecule has 0 aromatic carbocycles. The van der Waals surface area contributed by atoms with Gasteiger partial charge < -0.3 is 15.4 Å². The zero-order valence-electron chi connectivity index (χ0n) is 12.5. The summed E-state index contributed by atoms with van der Waals surface area (Å²) in [7, 11) is 1.72. The molecule has 2 rings (SSSR count). The molecule has 0 spiro atoms. The predicted octanol–water partition coefficient (Wildman–Crippen LogP) is 1.73. The molecule has 0 atom stereocenters. The maximum Gasteiger partial charge on any atom is 0.290 e. The lowest BCUT2D eigenvalue weighted by molar-refractivity contribution is -0.385. The minimum atomic E-state index is -0.411. The number of nitrogens with zero attached hydrogens (tertiary/aromatic N) is 2. The Labute approximate surface area is 124 Å². The first kappa shape index (κ1) is 15.7. The van der Waals surface area contributed by atoms with Crippen molar-refractivity contribution >= 4 is 11.5 Å². The Balaban J connectivity index is 2.03. The number of anilines is 1. The molecule has 1 aliphatic heterocycles. The zero-order valence-corrected chi connectivity index (χ0v) is 12.5. The summed E-state index contributed by atoms with van der Waals surface area (Å²) in [4.78, 5) is 14.5. The van der Waals surface area contributed by atoms with Gasteiger partial charge in [-0.05, 0) is 38.9 Å². The first-order chi connectivity index (χ1) is 10.1. The van der Waals surface area contributed by atoms with Crippen LogP contribution in [0, 0.1) is 22.5 Å². The van der Waals surface area contributed by atoms with Crippen LogP contribution >= 0.6 is 0 Å². The number of hydrogen-bond donors (Lipinski definition) is 2. The molecule has 2 N–H and O–H groups in total. The van der Waals surface area contributed by atoms with Crippen molar-refractivity contribution in [2.45, 2.75) is 19.8 Å². The van der Waals surface area contributed by atoms with Gasteiger partial charge in [0.05, 0.1) is 11.5 Å². The van der Waals surface area contributed by atoms with Gasteiger partial charge in [-0.3, -0.25) is 10.1 Å². The largest absolute Gasteiger partial charge is 0.384 e. The fourth-order valence-corrected chi connectivity index (χ4v) is 2.75. The van der Waals surface area contributed by atoms with Crippen molar-refractivity contribution < 1.29 is 9.66 Å². The van der Waals surface area contributed by atoms with Crippen molar-refractivity contribution in [1.29, 1.82) is 0 Å². The lowest BCUT2D eigenvalue weighted by Gasteiger charge is -2.37. The number of ether oxygens (including phenoxy) is 1. The Kier molecular flexibility index (Phi) is 5.08. The summed E-state index contributed by atoms with van der Waals surface area (Å²) in [6, 6.07) is 1.72. The topological polar surface area (TPSA) is 89.3 Å². The van der Waals surface area contributed by atoms with Crippen molar-refractivity contribution in [3.8, 4) is 0 Å². The van der Waals surface area contributed by atoms with E-state index in [1.165, 1.54) is 6.20 Å². The van der Waals surface area contributed by atoms with Crippen molar-refractivity contribution in [3.63, 3.8) is 0 Å². The van der Waals surface area contributed by atoms with Gasteiger partial charge in [0.1, 0.15) is 12.0 Å². The van der Waals surface area contributed by atoms with Gasteiger partial charge in [0, 0.05) is 24.6 Å². The molecule has 0 radical (unpaired) electrons. The van der Waals surface area contributed by atoms with E-state index in [0.717, 1.165) is 32.5 Å². The van der Waals surface area contributed by atoms with Gasteiger partial charge >= 0.3 is 0 Å². The standard InChI is InChI=1S/C14H22N4O3/c1-11-7-13(16-8-12(11)18(19)20)17-9-14(10-21-2)3-5-15-6-4-14/h7-8,15H,3-6,9-10H2,1-2H3,(H,16,17). The first-order valence-corrected chi connectivity index (χ1v) is 7.11. The summed E-state index contributed by atoms with van der Waals surface area (Å²) in [6.45, 7) is 5.15. The summed E-state index contributed by atoms with van der Waals surface area (Å²) in [6.07, 6.45) is 3.39. The third-order valence-electron chi connectivity index (χ3n) is 4.04. The number of aromatic nitrogens is 1. The third kappa shape index (κ3) is 3.89. The molecule has 1 aliphatic rings. The molecule has 0 unspecified atom stereocenters. The minimum Gasteiger partial charge on any atom is -0.384 e. The molecule has 1 saturated heterocycles. The molecular weight excluding hydrogens is 272 g/mol. The number of rotatable bonds is 6. The highest BCUT2D eigenvalue weighted by atomic mass is 16.6. The van der Waals surface area contributed by atoms with Crippen LogP contribution in [0.1, 0.15) is 18.4 Å². The average molecular weight is 294 g/mol. The maximum absolute atomic E-state index is 10.8. The van der Waals surface area contributed by atoms with Crippen LogP contribution in [-0.2, 0) is 4.74 Å². The van der Waals surface area contributed by atoms with E-state index in [0.29, 0.717) is 18.0 Å². The van der Waals surface area contributed by atoms with E-state index < -0.39 is 4.92 Å². The van der Waals surface area contributed by atoms with Crippen LogP contribution in [0.4, 0.5) is 11.5 Å². The molecule has 1 aromatic rings. The highest BCUT2D eigenvalue weighted by molar-refractivity contribution is 5.46. The van der Waals surface area contributed by atoms with Crippen LogP contribution in [0.5, 0.6) is 0 Å². The number of piperidine rings is 1. The number of nitrogens with one attached hydrogen (secondary N) is 2. The second kappa shape index (κ2) is 6.82. The summed E-state index contributed by atoms with van der Waals surface area (Å²) in [5.74, 6) is 0.673. The number of methoxy groups -OCH3 is 1. The highest BCUT2D eigenvalue weighted by Gasteiger charge is 2.32. The molecule has 2 heterocycles. The molecule has 21 heavy (non-hydrogen) atoms. The van der Waals surface area contributed by atoms with E-state index >= 15 is 0 Å². The maximum atomic E-state index is 10.8. The predicted molar refractivity (Wildman–Crippen MR) is 80.5 cm³/mol. The molecule has 1 fully saturated rings.